The van der Waals surface area contributed by atoms with E-state index in [9.17, 15) is 10.2 Å². The summed E-state index contributed by atoms with van der Waals surface area (Å²) >= 11 is 1.95. The van der Waals surface area contributed by atoms with E-state index in [4.69, 9.17) is 16.3 Å². The molecule has 1 atom stereocenters. The molecular formula is C21H36N4O3S. The second-order valence-electron chi connectivity index (χ2n) is 8.84. The maximum atomic E-state index is 9.97. The van der Waals surface area contributed by atoms with Crippen LogP contribution in [0.3, 0.4) is 0 Å². The van der Waals surface area contributed by atoms with E-state index in [0.717, 1.165) is 45.4 Å². The van der Waals surface area contributed by atoms with Gasteiger partial charge in [-0.1, -0.05) is 6.92 Å². The van der Waals surface area contributed by atoms with Crippen molar-refractivity contribution in [3.63, 3.8) is 0 Å². The number of thiophene rings is 1. The quantitative estimate of drug-likeness (QED) is 0.386. The van der Waals surface area contributed by atoms with Gasteiger partial charge in [0.1, 0.15) is 6.10 Å². The van der Waals surface area contributed by atoms with Gasteiger partial charge in [-0.3, -0.25) is 4.90 Å². The molecule has 1 aromatic heterocycles. The first kappa shape index (κ1) is 22.5. The number of hydrogen-bond donors (Lipinski definition) is 4. The number of aryl methyl sites for hydroxylation is 1. The van der Waals surface area contributed by atoms with Crippen molar-refractivity contribution >= 4 is 11.3 Å². The predicted octanol–water partition coefficient (Wildman–Crippen LogP) is 1.28. The number of fused-ring (bicyclic) bond motifs is 2. The Morgan fingerprint density at radius 2 is 2.14 bits per heavy atom. The van der Waals surface area contributed by atoms with Gasteiger partial charge in [-0.05, 0) is 44.7 Å². The van der Waals surface area contributed by atoms with Crippen molar-refractivity contribution < 1.29 is 14.9 Å². The molecular weight excluding hydrogens is 388 g/mol. The maximum Gasteiger partial charge on any atom is 0.101 e. The largest absolute Gasteiger partial charge is 0.400 e. The van der Waals surface area contributed by atoms with Crippen LogP contribution in [0.5, 0.6) is 0 Å². The van der Waals surface area contributed by atoms with Crippen LogP contribution < -0.4 is 11.6 Å². The van der Waals surface area contributed by atoms with Crippen molar-refractivity contribution in [2.75, 3.05) is 32.8 Å². The molecule has 2 aliphatic rings. The van der Waals surface area contributed by atoms with Crippen molar-refractivity contribution in [1.29, 1.82) is 0 Å². The van der Waals surface area contributed by atoms with Gasteiger partial charge >= 0.3 is 0 Å². The van der Waals surface area contributed by atoms with E-state index in [1.807, 2.05) is 11.3 Å². The van der Waals surface area contributed by atoms with Gasteiger partial charge in [-0.15, -0.1) is 11.3 Å². The zero-order valence-corrected chi connectivity index (χ0v) is 18.7. The molecule has 1 spiro atoms. The van der Waals surface area contributed by atoms with Gasteiger partial charge in [0.2, 0.25) is 0 Å². The first-order valence-electron chi connectivity index (χ1n) is 10.5. The minimum Gasteiger partial charge on any atom is -0.400 e. The summed E-state index contributed by atoms with van der Waals surface area (Å²) in [5, 5.41) is 21.1. The molecule has 7 nitrogen and oxygen atoms in total. The Hall–Kier alpha value is -1.16. The Bertz CT molecular complexity index is 720. The van der Waals surface area contributed by atoms with Crippen molar-refractivity contribution in [3.8, 4) is 0 Å². The van der Waals surface area contributed by atoms with E-state index in [1.165, 1.54) is 20.3 Å². The minimum atomic E-state index is -1.21. The summed E-state index contributed by atoms with van der Waals surface area (Å²) in [7, 11) is 0. The molecule has 0 amide bonds. The molecule has 2 aliphatic heterocycles. The zero-order valence-electron chi connectivity index (χ0n) is 17.9. The molecule has 0 aromatic carbocycles. The molecule has 0 radical (unpaired) electrons. The van der Waals surface area contributed by atoms with Gasteiger partial charge in [0.25, 0.3) is 0 Å². The summed E-state index contributed by atoms with van der Waals surface area (Å²) < 4.78 is 6.34. The number of rotatable bonds is 7. The number of likely N-dealkylation sites (tertiary alicyclic amines) is 1. The minimum absolute atomic E-state index is 0.113. The predicted molar refractivity (Wildman–Crippen MR) is 116 cm³/mol. The number of ether oxygens (including phenoxy) is 1. The first-order valence-corrected chi connectivity index (χ1v) is 11.3. The molecule has 0 saturated carbocycles. The smallest absolute Gasteiger partial charge is 0.101 e. The van der Waals surface area contributed by atoms with Gasteiger partial charge in [-0.2, -0.15) is 0 Å². The molecule has 0 bridgehead atoms. The van der Waals surface area contributed by atoms with E-state index in [1.54, 1.807) is 20.0 Å². The molecule has 29 heavy (non-hydrogen) atoms. The lowest BCUT2D eigenvalue weighted by Crippen LogP contribution is -2.47. The maximum absolute atomic E-state index is 9.97. The lowest BCUT2D eigenvalue weighted by atomic mass is 9.82. The standard InChI is InChI=1S/C21H36N4O3S/c1-4-16-11-17-18(29-16)5-10-28-21(17)6-8-24(9-7-21)12-15(22)13-25(23)14-19(26)20(2,3)27/h11,13,19,26-27H,4-10,12,14,22-23H2,1-3H3/b15-13-. The van der Waals surface area contributed by atoms with Crippen molar-refractivity contribution in [3.05, 3.63) is 33.3 Å². The second kappa shape index (κ2) is 8.91. The van der Waals surface area contributed by atoms with Crippen LogP contribution in [0.15, 0.2) is 18.0 Å². The van der Waals surface area contributed by atoms with Crippen LogP contribution in [0, 0.1) is 0 Å². The third kappa shape index (κ3) is 5.31. The summed E-state index contributed by atoms with van der Waals surface area (Å²) in [6.45, 7) is 8.70. The highest BCUT2D eigenvalue weighted by Gasteiger charge is 2.41. The normalized spacial score (nSPS) is 21.2. The van der Waals surface area contributed by atoms with Gasteiger partial charge < -0.3 is 25.7 Å². The Morgan fingerprint density at radius 1 is 1.45 bits per heavy atom. The van der Waals surface area contributed by atoms with Crippen molar-refractivity contribution in [2.24, 2.45) is 11.6 Å². The van der Waals surface area contributed by atoms with E-state index in [-0.39, 0.29) is 12.1 Å². The Balaban J connectivity index is 1.56. The highest BCUT2D eigenvalue weighted by atomic mass is 32.1. The third-order valence-electron chi connectivity index (χ3n) is 6.01. The van der Waals surface area contributed by atoms with Gasteiger partial charge in [-0.25, -0.2) is 5.84 Å². The van der Waals surface area contributed by atoms with Crippen LogP contribution in [-0.4, -0.2) is 64.6 Å². The van der Waals surface area contributed by atoms with E-state index in [2.05, 4.69) is 17.9 Å². The molecule has 6 N–H and O–H groups in total. The topological polar surface area (TPSA) is 108 Å². The molecule has 1 aromatic rings. The SMILES string of the molecule is CCc1cc2c(s1)CCOC21CCN(C/C(N)=C/N(N)CC(O)C(C)(C)O)CC1. The zero-order chi connectivity index (χ0) is 21.2. The fraction of sp³-hybridized carbons (Fsp3) is 0.714. The van der Waals surface area contributed by atoms with Gasteiger partial charge in [0.15, 0.2) is 0 Å². The number of piperidine rings is 1. The summed E-state index contributed by atoms with van der Waals surface area (Å²) in [5.74, 6) is 5.93. The average molecular weight is 425 g/mol. The van der Waals surface area contributed by atoms with Gasteiger partial charge in [0.05, 0.1) is 24.4 Å². The molecule has 164 valence electrons. The second-order valence-corrected chi connectivity index (χ2v) is 10.1. The van der Waals surface area contributed by atoms with Crippen LogP contribution in [0.2, 0.25) is 0 Å². The highest BCUT2D eigenvalue weighted by Crippen LogP contribution is 2.44. The van der Waals surface area contributed by atoms with E-state index < -0.39 is 11.7 Å². The molecule has 8 heteroatoms. The van der Waals surface area contributed by atoms with Crippen LogP contribution in [0.25, 0.3) is 0 Å². The molecule has 1 fully saturated rings. The van der Waals surface area contributed by atoms with Crippen molar-refractivity contribution in [1.82, 2.24) is 9.91 Å². The summed E-state index contributed by atoms with van der Waals surface area (Å²) in [5.41, 5.74) is 6.90. The molecule has 0 aliphatic carbocycles. The fourth-order valence-corrected chi connectivity index (χ4v) is 5.30. The Kier molecular flexibility index (Phi) is 6.92. The van der Waals surface area contributed by atoms with Crippen LogP contribution in [-0.2, 0) is 23.2 Å². The fourth-order valence-electron chi connectivity index (χ4n) is 4.12. The summed E-state index contributed by atoms with van der Waals surface area (Å²) in [6.07, 6.45) is 4.74. The van der Waals surface area contributed by atoms with Gasteiger partial charge in [0, 0.05) is 47.7 Å². The molecule has 3 rings (SSSR count). The van der Waals surface area contributed by atoms with Crippen molar-refractivity contribution in [2.45, 2.75) is 63.8 Å². The Labute approximate surface area is 177 Å². The van der Waals surface area contributed by atoms with E-state index >= 15 is 0 Å². The molecule has 1 unspecified atom stereocenters. The van der Waals surface area contributed by atoms with Crippen LogP contribution in [0.1, 0.15) is 48.9 Å². The summed E-state index contributed by atoms with van der Waals surface area (Å²) in [6, 6.07) is 2.36. The lowest BCUT2D eigenvalue weighted by molar-refractivity contribution is -0.0961. The summed E-state index contributed by atoms with van der Waals surface area (Å²) in [4.78, 5) is 5.28. The molecule has 3 heterocycles. The average Bonchev–Trinajstić information content (AvgIpc) is 3.08. The first-order chi connectivity index (χ1) is 13.6. The monoisotopic (exact) mass is 424 g/mol. The number of aliphatic hydroxyl groups is 2. The lowest BCUT2D eigenvalue weighted by Gasteiger charge is -2.44. The number of nitrogens with zero attached hydrogens (tertiary/aromatic N) is 2. The van der Waals surface area contributed by atoms with E-state index in [0.29, 0.717) is 12.2 Å². The third-order valence-corrected chi connectivity index (χ3v) is 7.35. The number of nitrogens with two attached hydrogens (primary N) is 2. The van der Waals surface area contributed by atoms with Crippen LogP contribution in [0.4, 0.5) is 0 Å². The number of aliphatic hydroxyl groups excluding tert-OH is 1. The van der Waals surface area contributed by atoms with Crippen LogP contribution >= 0.6 is 11.3 Å². The number of hydrogen-bond acceptors (Lipinski definition) is 8. The molecule has 1 saturated heterocycles. The Morgan fingerprint density at radius 3 is 2.76 bits per heavy atom. The number of hydrazine groups is 1. The highest BCUT2D eigenvalue weighted by molar-refractivity contribution is 7.12.